The molecule has 4 rings (SSSR count). The number of aromatic nitrogens is 2. The maximum absolute atomic E-state index is 12.0. The van der Waals surface area contributed by atoms with Gasteiger partial charge in [0.2, 0.25) is 0 Å². The molecule has 0 spiro atoms. The van der Waals surface area contributed by atoms with Crippen molar-refractivity contribution in [3.05, 3.63) is 108 Å². The summed E-state index contributed by atoms with van der Waals surface area (Å²) < 4.78 is 12.0. The van der Waals surface area contributed by atoms with Gasteiger partial charge in [0, 0.05) is 10.5 Å². The van der Waals surface area contributed by atoms with Gasteiger partial charge in [-0.25, -0.2) is 14.2 Å². The molecule has 1 heterocycles. The summed E-state index contributed by atoms with van der Waals surface area (Å²) in [6.45, 7) is 0. The predicted octanol–water partition coefficient (Wildman–Crippen LogP) is 5.08. The molecule has 0 aliphatic rings. The first kappa shape index (κ1) is 18.3. The lowest BCUT2D eigenvalue weighted by atomic mass is 10.1. The second kappa shape index (κ2) is 8.78. The van der Waals surface area contributed by atoms with E-state index in [0.29, 0.717) is 27.6 Å². The van der Waals surface area contributed by atoms with E-state index in [1.165, 1.54) is 0 Å². The first-order valence-corrected chi connectivity index (χ1v) is 10.3. The molecule has 5 heteroatoms. The van der Waals surface area contributed by atoms with Gasteiger partial charge in [-0.05, 0) is 23.8 Å². The van der Waals surface area contributed by atoms with Crippen LogP contribution < -0.4 is 0 Å². The molecule has 0 saturated heterocycles. The van der Waals surface area contributed by atoms with Crippen LogP contribution in [0.25, 0.3) is 11.4 Å². The van der Waals surface area contributed by atoms with Crippen LogP contribution in [-0.2, 0) is 11.3 Å². The zero-order valence-corrected chi connectivity index (χ0v) is 16.5. The van der Waals surface area contributed by atoms with E-state index in [0.717, 1.165) is 21.0 Å². The van der Waals surface area contributed by atoms with Gasteiger partial charge in [0.05, 0.1) is 16.9 Å². The number of nitrogens with zero attached hydrogens (tertiary/aromatic N) is 2. The minimum atomic E-state index is 0.462. The topological polar surface area (TPSA) is 42.9 Å². The van der Waals surface area contributed by atoms with Crippen LogP contribution in [0.3, 0.4) is 0 Å². The van der Waals surface area contributed by atoms with Crippen molar-refractivity contribution in [3.63, 3.8) is 0 Å². The normalized spacial score (nSPS) is 10.4. The summed E-state index contributed by atoms with van der Waals surface area (Å²) in [6, 6.07) is 31.4. The molecule has 136 valence electrons. The molecular formula is C23H16N2OS2. The molecule has 0 fully saturated rings. The van der Waals surface area contributed by atoms with Crippen LogP contribution in [0.15, 0.2) is 107 Å². The maximum atomic E-state index is 12.0. The third kappa shape index (κ3) is 4.27. The molecule has 0 amide bonds. The van der Waals surface area contributed by atoms with E-state index in [4.69, 9.17) is 9.97 Å². The van der Waals surface area contributed by atoms with Gasteiger partial charge in [-0.15, -0.1) is 0 Å². The fourth-order valence-electron chi connectivity index (χ4n) is 2.75. The predicted molar refractivity (Wildman–Crippen MR) is 116 cm³/mol. The van der Waals surface area contributed by atoms with Crippen molar-refractivity contribution in [2.75, 3.05) is 0 Å². The van der Waals surface area contributed by atoms with Gasteiger partial charge < -0.3 is 0 Å². The summed E-state index contributed by atoms with van der Waals surface area (Å²) in [6.07, 6.45) is 0. The molecule has 0 N–H and O–H groups in total. The van der Waals surface area contributed by atoms with E-state index < -0.39 is 0 Å². The van der Waals surface area contributed by atoms with Gasteiger partial charge in [0.25, 0.3) is 0 Å². The Hall–Kier alpha value is -3.02. The summed E-state index contributed by atoms with van der Waals surface area (Å²) in [7, 11) is 0. The van der Waals surface area contributed by atoms with Crippen molar-refractivity contribution in [1.29, 1.82) is 0 Å². The molecule has 0 bridgehead atoms. The largest absolute Gasteiger partial charge is 0.227 e. The lowest BCUT2D eigenvalue weighted by Crippen LogP contribution is -2.08. The van der Waals surface area contributed by atoms with Gasteiger partial charge >= 0.3 is 0 Å². The Morgan fingerprint density at radius 1 is 0.714 bits per heavy atom. The van der Waals surface area contributed by atoms with Crippen LogP contribution in [-0.4, -0.2) is 19.0 Å². The van der Waals surface area contributed by atoms with Gasteiger partial charge in [-0.3, -0.25) is 0 Å². The quantitative estimate of drug-likeness (QED) is 0.266. The Bertz CT molecular complexity index is 1130. The summed E-state index contributed by atoms with van der Waals surface area (Å²) >= 11 is 2.02. The van der Waals surface area contributed by atoms with E-state index in [1.807, 2.05) is 97.1 Å². The monoisotopic (exact) mass is 400 g/mol. The molecule has 0 saturated carbocycles. The fraction of sp³-hybridized carbons (Fsp3) is 0. The van der Waals surface area contributed by atoms with Crippen LogP contribution in [0.4, 0.5) is 0 Å². The molecule has 3 nitrogen and oxygen atoms in total. The summed E-state index contributed by atoms with van der Waals surface area (Å²) in [4.78, 5) is 11.1. The second-order valence-electron chi connectivity index (χ2n) is 5.97. The van der Waals surface area contributed by atoms with E-state index in [-0.39, 0.29) is 0 Å². The minimum Gasteiger partial charge on any atom is -0.227 e. The third-order valence-corrected chi connectivity index (χ3v) is 5.59. The van der Waals surface area contributed by atoms with E-state index >= 15 is 0 Å². The average molecular weight is 401 g/mol. The zero-order valence-electron chi connectivity index (χ0n) is 14.9. The van der Waals surface area contributed by atoms with Crippen molar-refractivity contribution in [2.24, 2.45) is 0 Å². The van der Waals surface area contributed by atoms with E-state index in [9.17, 15) is 4.21 Å². The smallest absolute Gasteiger partial charge is 0.161 e. The highest BCUT2D eigenvalue weighted by atomic mass is 32.2. The van der Waals surface area contributed by atoms with Crippen molar-refractivity contribution in [3.8, 4) is 11.4 Å². The van der Waals surface area contributed by atoms with Gasteiger partial charge in [-0.2, -0.15) is 0 Å². The molecular weight excluding hydrogens is 384 g/mol. The van der Waals surface area contributed by atoms with Crippen LogP contribution in [0.2, 0.25) is 0 Å². The van der Waals surface area contributed by atoms with Crippen molar-refractivity contribution in [1.82, 2.24) is 9.97 Å². The van der Waals surface area contributed by atoms with Crippen molar-refractivity contribution < 1.29 is 4.21 Å². The molecule has 0 atom stereocenters. The zero-order chi connectivity index (χ0) is 19.2. The van der Waals surface area contributed by atoms with Crippen molar-refractivity contribution in [2.45, 2.75) is 9.92 Å². The van der Waals surface area contributed by atoms with E-state index in [1.54, 1.807) is 11.8 Å². The van der Waals surface area contributed by atoms with Crippen molar-refractivity contribution >= 4 is 27.9 Å². The highest BCUT2D eigenvalue weighted by molar-refractivity contribution is 7.99. The molecule has 0 aliphatic carbocycles. The first-order chi connectivity index (χ1) is 13.8. The highest BCUT2D eigenvalue weighted by Gasteiger charge is 2.14. The number of hydrogen-bond donors (Lipinski definition) is 0. The SMILES string of the molecule is O=S=C(c1ccccc1)c1cc(Sc2ccccc2)nc(-c2ccccc2)n1. The summed E-state index contributed by atoms with van der Waals surface area (Å²) in [5.41, 5.74) is 2.41. The molecule has 0 radical (unpaired) electrons. The Morgan fingerprint density at radius 2 is 1.32 bits per heavy atom. The van der Waals surface area contributed by atoms with E-state index in [2.05, 4.69) is 0 Å². The lowest BCUT2D eigenvalue weighted by molar-refractivity contribution is 0.701. The lowest BCUT2D eigenvalue weighted by Gasteiger charge is -2.09. The first-order valence-electron chi connectivity index (χ1n) is 8.73. The Kier molecular flexibility index (Phi) is 5.75. The van der Waals surface area contributed by atoms with Crippen LogP contribution in [0.5, 0.6) is 0 Å². The van der Waals surface area contributed by atoms with Crippen LogP contribution in [0.1, 0.15) is 11.3 Å². The van der Waals surface area contributed by atoms with Gasteiger partial charge in [-0.1, -0.05) is 90.6 Å². The number of benzene rings is 3. The summed E-state index contributed by atoms with van der Waals surface area (Å²) in [5.74, 6) is 0.610. The van der Waals surface area contributed by atoms with Gasteiger partial charge in [0.1, 0.15) is 9.89 Å². The Balaban J connectivity index is 1.83. The Labute approximate surface area is 171 Å². The number of hydrogen-bond acceptors (Lipinski definition) is 4. The second-order valence-corrected chi connectivity index (χ2v) is 7.64. The average Bonchev–Trinajstić information content (AvgIpc) is 2.76. The highest BCUT2D eigenvalue weighted by Crippen LogP contribution is 2.28. The molecule has 0 unspecified atom stereocenters. The number of rotatable bonds is 5. The van der Waals surface area contributed by atoms with Gasteiger partial charge in [0.15, 0.2) is 5.82 Å². The standard InChI is InChI=1S/C23H16N2OS2/c26-28-22(17-10-4-1-5-11-17)20-16-21(27-19-14-8-3-9-15-19)25-23(24-20)18-12-6-2-7-13-18/h1-16H. The van der Waals surface area contributed by atoms with Crippen LogP contribution >= 0.6 is 11.8 Å². The van der Waals surface area contributed by atoms with Crippen LogP contribution in [0, 0.1) is 0 Å². The Morgan fingerprint density at radius 3 is 1.96 bits per heavy atom. The third-order valence-electron chi connectivity index (χ3n) is 4.05. The summed E-state index contributed by atoms with van der Waals surface area (Å²) in [5, 5.41) is 0.803. The fourth-order valence-corrected chi connectivity index (χ4v) is 4.01. The molecule has 28 heavy (non-hydrogen) atoms. The molecule has 0 aliphatic heterocycles. The molecule has 4 aromatic rings. The minimum absolute atomic E-state index is 0.462. The molecule has 1 aromatic heterocycles. The molecule has 3 aromatic carbocycles. The maximum Gasteiger partial charge on any atom is 0.161 e.